The van der Waals surface area contributed by atoms with E-state index < -0.39 is 0 Å². The third-order valence-electron chi connectivity index (χ3n) is 3.45. The van der Waals surface area contributed by atoms with E-state index in [-0.39, 0.29) is 0 Å². The molecule has 0 spiro atoms. The van der Waals surface area contributed by atoms with E-state index in [1.54, 1.807) is 18.2 Å². The van der Waals surface area contributed by atoms with E-state index in [2.05, 4.69) is 18.9 Å². The van der Waals surface area contributed by atoms with Crippen LogP contribution in [0.15, 0.2) is 30.5 Å². The summed E-state index contributed by atoms with van der Waals surface area (Å²) in [5.74, 6) is 0.555. The molecule has 0 aliphatic rings. The highest BCUT2D eigenvalue weighted by atomic mass is 35.5. The highest BCUT2D eigenvalue weighted by molar-refractivity contribution is 6.32. The smallest absolute Gasteiger partial charge is 0.150 e. The summed E-state index contributed by atoms with van der Waals surface area (Å²) < 4.78 is 7.64. The van der Waals surface area contributed by atoms with Gasteiger partial charge in [0.25, 0.3) is 0 Å². The maximum Gasteiger partial charge on any atom is 0.150 e. The minimum absolute atomic E-state index is 0.354. The van der Waals surface area contributed by atoms with Crippen LogP contribution in [0.1, 0.15) is 48.8 Å². The van der Waals surface area contributed by atoms with Crippen molar-refractivity contribution in [2.45, 2.75) is 39.3 Å². The largest absolute Gasteiger partial charge is 0.486 e. The van der Waals surface area contributed by atoms with Gasteiger partial charge in [-0.2, -0.15) is 5.10 Å². The number of carbonyl (C=O) groups excluding carboxylic acids is 1. The quantitative estimate of drug-likeness (QED) is 0.717. The van der Waals surface area contributed by atoms with Crippen LogP contribution in [-0.2, 0) is 6.61 Å². The van der Waals surface area contributed by atoms with E-state index in [9.17, 15) is 4.79 Å². The molecular formula is C16H19ClN2O2. The van der Waals surface area contributed by atoms with Gasteiger partial charge in [0.2, 0.25) is 0 Å². The molecule has 0 amide bonds. The second kappa shape index (κ2) is 7.27. The zero-order valence-corrected chi connectivity index (χ0v) is 13.0. The fourth-order valence-electron chi connectivity index (χ4n) is 2.18. The maximum absolute atomic E-state index is 10.7. The molecule has 0 aliphatic heterocycles. The molecule has 0 radical (unpaired) electrons. The Bertz CT molecular complexity index is 606. The van der Waals surface area contributed by atoms with E-state index in [4.69, 9.17) is 16.3 Å². The number of hydrogen-bond donors (Lipinski definition) is 0. The van der Waals surface area contributed by atoms with Gasteiger partial charge >= 0.3 is 0 Å². The molecule has 0 unspecified atom stereocenters. The molecule has 2 aromatic rings. The second-order valence-corrected chi connectivity index (χ2v) is 5.26. The van der Waals surface area contributed by atoms with Gasteiger partial charge < -0.3 is 4.74 Å². The summed E-state index contributed by atoms with van der Waals surface area (Å²) >= 11 is 6.07. The maximum atomic E-state index is 10.7. The van der Waals surface area contributed by atoms with E-state index >= 15 is 0 Å². The van der Waals surface area contributed by atoms with Gasteiger partial charge in [-0.05, 0) is 37.1 Å². The van der Waals surface area contributed by atoms with Crippen molar-refractivity contribution in [3.63, 3.8) is 0 Å². The van der Waals surface area contributed by atoms with Crippen LogP contribution in [0.25, 0.3) is 0 Å². The molecule has 0 bridgehead atoms. The molecular weight excluding hydrogens is 288 g/mol. The Balaban J connectivity index is 2.01. The molecule has 0 saturated heterocycles. The molecule has 1 aromatic heterocycles. The first-order valence-electron chi connectivity index (χ1n) is 7.09. The molecule has 21 heavy (non-hydrogen) atoms. The Kier molecular flexibility index (Phi) is 5.39. The Morgan fingerprint density at radius 3 is 2.71 bits per heavy atom. The second-order valence-electron chi connectivity index (χ2n) is 4.85. The van der Waals surface area contributed by atoms with Gasteiger partial charge in [0.05, 0.1) is 16.8 Å². The summed E-state index contributed by atoms with van der Waals surface area (Å²) in [6.07, 6.45) is 4.84. The van der Waals surface area contributed by atoms with Crippen molar-refractivity contribution < 1.29 is 9.53 Å². The van der Waals surface area contributed by atoms with Crippen molar-refractivity contribution >= 4 is 17.9 Å². The normalized spacial score (nSPS) is 10.9. The van der Waals surface area contributed by atoms with E-state index in [0.717, 1.165) is 24.8 Å². The van der Waals surface area contributed by atoms with Crippen molar-refractivity contribution in [3.8, 4) is 5.75 Å². The third-order valence-corrected chi connectivity index (χ3v) is 3.74. The first kappa shape index (κ1) is 15.6. The standard InChI is InChI=1S/C16H19ClN2O2/c1-3-14(4-2)19-8-7-13(18-19)11-21-16-6-5-12(10-20)9-15(16)17/h5-10,14H,3-4,11H2,1-2H3. The number of carbonyl (C=O) groups is 1. The Morgan fingerprint density at radius 2 is 2.10 bits per heavy atom. The third kappa shape index (κ3) is 3.85. The predicted octanol–water partition coefficient (Wildman–Crippen LogP) is 4.29. The first-order chi connectivity index (χ1) is 10.2. The van der Waals surface area contributed by atoms with E-state index in [0.29, 0.717) is 29.0 Å². The van der Waals surface area contributed by atoms with E-state index in [1.807, 2.05) is 16.9 Å². The summed E-state index contributed by atoms with van der Waals surface area (Å²) in [5, 5.41) is 4.95. The molecule has 0 saturated carbocycles. The Morgan fingerprint density at radius 1 is 1.33 bits per heavy atom. The van der Waals surface area contributed by atoms with Gasteiger partial charge in [-0.25, -0.2) is 0 Å². The van der Waals surface area contributed by atoms with Crippen LogP contribution in [0.5, 0.6) is 5.75 Å². The summed E-state index contributed by atoms with van der Waals surface area (Å²) in [4.78, 5) is 10.7. The highest BCUT2D eigenvalue weighted by Gasteiger charge is 2.09. The molecule has 1 aromatic carbocycles. The first-order valence-corrected chi connectivity index (χ1v) is 7.47. The molecule has 112 valence electrons. The molecule has 5 heteroatoms. The number of ether oxygens (including phenoxy) is 1. The Hall–Kier alpha value is -1.81. The van der Waals surface area contributed by atoms with Crippen LogP contribution in [0.4, 0.5) is 0 Å². The minimum Gasteiger partial charge on any atom is -0.486 e. The van der Waals surface area contributed by atoms with Crippen molar-refractivity contribution in [2.24, 2.45) is 0 Å². The van der Waals surface area contributed by atoms with Gasteiger partial charge in [-0.15, -0.1) is 0 Å². The van der Waals surface area contributed by atoms with E-state index in [1.165, 1.54) is 0 Å². The van der Waals surface area contributed by atoms with Crippen LogP contribution < -0.4 is 4.74 Å². The lowest BCUT2D eigenvalue weighted by Gasteiger charge is -2.12. The fraction of sp³-hybridized carbons (Fsp3) is 0.375. The lowest BCUT2D eigenvalue weighted by molar-refractivity contribution is 0.112. The number of benzene rings is 1. The van der Waals surface area contributed by atoms with Crippen molar-refractivity contribution in [2.75, 3.05) is 0 Å². The average Bonchev–Trinajstić information content (AvgIpc) is 2.96. The zero-order valence-electron chi connectivity index (χ0n) is 12.3. The van der Waals surface area contributed by atoms with Crippen molar-refractivity contribution in [1.82, 2.24) is 9.78 Å². The number of halogens is 1. The summed E-state index contributed by atoms with van der Waals surface area (Å²) in [5.41, 5.74) is 1.39. The minimum atomic E-state index is 0.354. The summed E-state index contributed by atoms with van der Waals surface area (Å²) in [7, 11) is 0. The average molecular weight is 307 g/mol. The molecule has 0 N–H and O–H groups in total. The zero-order chi connectivity index (χ0) is 15.2. The number of rotatable bonds is 7. The molecule has 0 aliphatic carbocycles. The number of aromatic nitrogens is 2. The number of hydrogen-bond acceptors (Lipinski definition) is 3. The van der Waals surface area contributed by atoms with Gasteiger partial charge in [0.15, 0.2) is 0 Å². The van der Waals surface area contributed by atoms with Crippen molar-refractivity contribution in [3.05, 3.63) is 46.7 Å². The lowest BCUT2D eigenvalue weighted by atomic mass is 10.2. The van der Waals surface area contributed by atoms with Gasteiger partial charge in [-0.3, -0.25) is 9.48 Å². The number of aldehydes is 1. The van der Waals surface area contributed by atoms with Crippen LogP contribution >= 0.6 is 11.6 Å². The monoisotopic (exact) mass is 306 g/mol. The van der Waals surface area contributed by atoms with Crippen LogP contribution in [0.2, 0.25) is 5.02 Å². The van der Waals surface area contributed by atoms with Gasteiger partial charge in [-0.1, -0.05) is 25.4 Å². The summed E-state index contributed by atoms with van der Waals surface area (Å²) in [6.45, 7) is 4.66. The molecule has 0 fully saturated rings. The topological polar surface area (TPSA) is 44.1 Å². The SMILES string of the molecule is CCC(CC)n1ccc(COc2ccc(C=O)cc2Cl)n1. The van der Waals surface area contributed by atoms with Crippen LogP contribution in [0, 0.1) is 0 Å². The molecule has 4 nitrogen and oxygen atoms in total. The molecule has 0 atom stereocenters. The Labute approximate surface area is 129 Å². The molecule has 2 rings (SSSR count). The van der Waals surface area contributed by atoms with Crippen LogP contribution in [-0.4, -0.2) is 16.1 Å². The van der Waals surface area contributed by atoms with Crippen molar-refractivity contribution in [1.29, 1.82) is 0 Å². The van der Waals surface area contributed by atoms with Gasteiger partial charge in [0, 0.05) is 11.8 Å². The number of nitrogens with zero attached hydrogens (tertiary/aromatic N) is 2. The lowest BCUT2D eigenvalue weighted by Crippen LogP contribution is -2.08. The fourth-order valence-corrected chi connectivity index (χ4v) is 2.42. The summed E-state index contributed by atoms with van der Waals surface area (Å²) in [6, 6.07) is 7.34. The van der Waals surface area contributed by atoms with Crippen LogP contribution in [0.3, 0.4) is 0 Å². The molecule has 1 heterocycles. The predicted molar refractivity (Wildman–Crippen MR) is 83.0 cm³/mol. The van der Waals surface area contributed by atoms with Gasteiger partial charge in [0.1, 0.15) is 18.6 Å². The highest BCUT2D eigenvalue weighted by Crippen LogP contribution is 2.25.